The molecule has 0 unspecified atom stereocenters. The van der Waals surface area contributed by atoms with Crippen molar-refractivity contribution in [2.45, 2.75) is 39.2 Å². The molecule has 7 heteroatoms. The summed E-state index contributed by atoms with van der Waals surface area (Å²) in [7, 11) is -2.99. The number of rotatable bonds is 3. The molecule has 1 heterocycles. The minimum Gasteiger partial charge on any atom is -0.444 e. The van der Waals surface area contributed by atoms with Crippen LogP contribution >= 0.6 is 0 Å². The maximum Gasteiger partial charge on any atom is 0.407 e. The Balaban J connectivity index is 2.52. The third-order valence-corrected chi connectivity index (χ3v) is 4.88. The highest BCUT2D eigenvalue weighted by Crippen LogP contribution is 2.31. The van der Waals surface area contributed by atoms with Crippen LogP contribution in [0.25, 0.3) is 0 Å². The third kappa shape index (κ3) is 5.36. The molecule has 19 heavy (non-hydrogen) atoms. The predicted molar refractivity (Wildman–Crippen MR) is 71.6 cm³/mol. The first-order chi connectivity index (χ1) is 8.58. The van der Waals surface area contributed by atoms with Crippen molar-refractivity contribution < 1.29 is 23.1 Å². The summed E-state index contributed by atoms with van der Waals surface area (Å²) in [5.74, 6) is 0.118. The highest BCUT2D eigenvalue weighted by Gasteiger charge is 2.37. The van der Waals surface area contributed by atoms with Crippen molar-refractivity contribution in [1.82, 2.24) is 5.32 Å². The molecule has 112 valence electrons. The summed E-state index contributed by atoms with van der Waals surface area (Å²) in [5, 5.41) is 12.1. The quantitative estimate of drug-likeness (QED) is 0.799. The van der Waals surface area contributed by atoms with Crippen LogP contribution in [0.5, 0.6) is 0 Å². The number of carbonyl (C=O) groups excluding carboxylic acids is 1. The number of sulfone groups is 1. The summed E-state index contributed by atoms with van der Waals surface area (Å²) in [6, 6.07) is 0. The Kier molecular flexibility index (Phi) is 4.84. The van der Waals surface area contributed by atoms with E-state index in [1.54, 1.807) is 20.8 Å². The van der Waals surface area contributed by atoms with Gasteiger partial charge in [-0.1, -0.05) is 0 Å². The van der Waals surface area contributed by atoms with Crippen LogP contribution < -0.4 is 5.32 Å². The van der Waals surface area contributed by atoms with E-state index in [0.717, 1.165) is 0 Å². The number of hydrogen-bond acceptors (Lipinski definition) is 5. The number of carbonyl (C=O) groups is 1. The van der Waals surface area contributed by atoms with Crippen molar-refractivity contribution in [3.63, 3.8) is 0 Å². The fourth-order valence-electron chi connectivity index (χ4n) is 1.94. The zero-order valence-corrected chi connectivity index (χ0v) is 12.5. The van der Waals surface area contributed by atoms with Crippen LogP contribution in [0.1, 0.15) is 33.6 Å². The number of ether oxygens (including phenoxy) is 1. The lowest BCUT2D eigenvalue weighted by Gasteiger charge is -2.35. The van der Waals surface area contributed by atoms with Gasteiger partial charge in [0.2, 0.25) is 0 Å². The van der Waals surface area contributed by atoms with E-state index in [0.29, 0.717) is 12.8 Å². The van der Waals surface area contributed by atoms with E-state index in [-0.39, 0.29) is 24.7 Å². The molecule has 1 fully saturated rings. The molecule has 0 aromatic rings. The molecule has 0 saturated carbocycles. The topological polar surface area (TPSA) is 92.7 Å². The number of nitrogens with one attached hydrogen (secondary N) is 1. The van der Waals surface area contributed by atoms with E-state index < -0.39 is 26.9 Å². The molecule has 0 radical (unpaired) electrons. The molecule has 0 bridgehead atoms. The van der Waals surface area contributed by atoms with Crippen molar-refractivity contribution in [3.05, 3.63) is 0 Å². The average Bonchev–Trinajstić information content (AvgIpc) is 2.26. The first-order valence-electron chi connectivity index (χ1n) is 6.36. The summed E-state index contributed by atoms with van der Waals surface area (Å²) in [4.78, 5) is 11.6. The van der Waals surface area contributed by atoms with Crippen molar-refractivity contribution in [2.24, 2.45) is 5.41 Å². The van der Waals surface area contributed by atoms with Gasteiger partial charge in [-0.2, -0.15) is 0 Å². The summed E-state index contributed by atoms with van der Waals surface area (Å²) < 4.78 is 27.9. The van der Waals surface area contributed by atoms with Gasteiger partial charge in [0.15, 0.2) is 0 Å². The lowest BCUT2D eigenvalue weighted by atomic mass is 9.83. The first-order valence-corrected chi connectivity index (χ1v) is 8.18. The van der Waals surface area contributed by atoms with Crippen LogP contribution in [0, 0.1) is 5.41 Å². The highest BCUT2D eigenvalue weighted by atomic mass is 32.2. The van der Waals surface area contributed by atoms with Crippen LogP contribution in [0.4, 0.5) is 4.79 Å². The average molecular weight is 293 g/mol. The summed E-state index contributed by atoms with van der Waals surface area (Å²) in [5.41, 5.74) is -1.13. The Bertz CT molecular complexity index is 410. The van der Waals surface area contributed by atoms with E-state index in [1.165, 1.54) is 0 Å². The van der Waals surface area contributed by atoms with Crippen molar-refractivity contribution in [3.8, 4) is 0 Å². The third-order valence-electron chi connectivity index (χ3n) is 3.23. The van der Waals surface area contributed by atoms with E-state index in [9.17, 15) is 18.3 Å². The second-order valence-corrected chi connectivity index (χ2v) is 8.47. The molecule has 0 spiro atoms. The maximum atomic E-state index is 11.6. The summed E-state index contributed by atoms with van der Waals surface area (Å²) in [6.07, 6.45) is 0.178. The van der Waals surface area contributed by atoms with Crippen molar-refractivity contribution in [2.75, 3.05) is 24.7 Å². The molecule has 0 aliphatic carbocycles. The predicted octanol–water partition coefficient (Wildman–Crippen LogP) is 0.698. The lowest BCUT2D eigenvalue weighted by Crippen LogP contribution is -2.46. The monoisotopic (exact) mass is 293 g/mol. The van der Waals surface area contributed by atoms with Gasteiger partial charge in [-0.3, -0.25) is 0 Å². The van der Waals surface area contributed by atoms with E-state index in [4.69, 9.17) is 4.74 Å². The van der Waals surface area contributed by atoms with Crippen LogP contribution in [0.3, 0.4) is 0 Å². The summed E-state index contributed by atoms with van der Waals surface area (Å²) >= 11 is 0. The van der Waals surface area contributed by atoms with Gasteiger partial charge < -0.3 is 15.2 Å². The van der Waals surface area contributed by atoms with Gasteiger partial charge in [-0.05, 0) is 33.6 Å². The largest absolute Gasteiger partial charge is 0.444 e. The molecule has 0 atom stereocenters. The van der Waals surface area contributed by atoms with E-state index in [1.807, 2.05) is 0 Å². The van der Waals surface area contributed by atoms with E-state index >= 15 is 0 Å². The molecule has 1 aliphatic rings. The molecule has 0 aromatic heterocycles. The highest BCUT2D eigenvalue weighted by molar-refractivity contribution is 7.91. The Hall–Kier alpha value is -0.820. The number of amides is 1. The standard InChI is InChI=1S/C12H23NO5S/c1-11(2,3)18-10(15)13-8-12(9-14)4-6-19(16,17)7-5-12/h14H,4-9H2,1-3H3,(H,13,15). The molecular weight excluding hydrogens is 270 g/mol. The SMILES string of the molecule is CC(C)(C)OC(=O)NCC1(CO)CCS(=O)(=O)CC1. The molecule has 0 aromatic carbocycles. The van der Waals surface area contributed by atoms with Gasteiger partial charge >= 0.3 is 6.09 Å². The van der Waals surface area contributed by atoms with Crippen LogP contribution in [0.15, 0.2) is 0 Å². The second kappa shape index (κ2) is 5.66. The van der Waals surface area contributed by atoms with Gasteiger partial charge in [-0.25, -0.2) is 13.2 Å². The minimum absolute atomic E-state index is 0.0591. The molecule has 6 nitrogen and oxygen atoms in total. The van der Waals surface area contributed by atoms with E-state index in [2.05, 4.69) is 5.32 Å². The molecule has 1 aliphatic heterocycles. The fraction of sp³-hybridized carbons (Fsp3) is 0.917. The number of hydrogen-bond donors (Lipinski definition) is 2. The Morgan fingerprint density at radius 1 is 1.32 bits per heavy atom. The van der Waals surface area contributed by atoms with Crippen LogP contribution in [-0.2, 0) is 14.6 Å². The number of aliphatic hydroxyl groups excluding tert-OH is 1. The zero-order chi connectivity index (χ0) is 14.7. The molecule has 1 rings (SSSR count). The minimum atomic E-state index is -2.99. The van der Waals surface area contributed by atoms with Crippen LogP contribution in [0.2, 0.25) is 0 Å². The molecule has 1 amide bonds. The molecule has 1 saturated heterocycles. The Morgan fingerprint density at radius 3 is 2.26 bits per heavy atom. The van der Waals surface area contributed by atoms with Crippen molar-refractivity contribution in [1.29, 1.82) is 0 Å². The Labute approximate surface area is 114 Å². The van der Waals surface area contributed by atoms with Gasteiger partial charge in [0.1, 0.15) is 15.4 Å². The van der Waals surface area contributed by atoms with Crippen LogP contribution in [-0.4, -0.2) is 49.9 Å². The van der Waals surface area contributed by atoms with Gasteiger partial charge in [0.25, 0.3) is 0 Å². The van der Waals surface area contributed by atoms with Gasteiger partial charge in [-0.15, -0.1) is 0 Å². The lowest BCUT2D eigenvalue weighted by molar-refractivity contribution is 0.0455. The Morgan fingerprint density at radius 2 is 1.84 bits per heavy atom. The second-order valence-electron chi connectivity index (χ2n) is 6.17. The van der Waals surface area contributed by atoms with Gasteiger partial charge in [0.05, 0.1) is 18.1 Å². The van der Waals surface area contributed by atoms with Crippen molar-refractivity contribution >= 4 is 15.9 Å². The smallest absolute Gasteiger partial charge is 0.407 e. The molecule has 2 N–H and O–H groups in total. The zero-order valence-electron chi connectivity index (χ0n) is 11.7. The van der Waals surface area contributed by atoms with Gasteiger partial charge in [0, 0.05) is 12.0 Å². The first kappa shape index (κ1) is 16.2. The molecular formula is C12H23NO5S. The number of aliphatic hydroxyl groups is 1. The normalized spacial score (nSPS) is 21.7. The summed E-state index contributed by atoms with van der Waals surface area (Å²) in [6.45, 7) is 5.39. The fourth-order valence-corrected chi connectivity index (χ4v) is 3.63. The number of alkyl carbamates (subject to hydrolysis) is 1. The maximum absolute atomic E-state index is 11.6.